The molecule has 244 valence electrons. The predicted octanol–water partition coefficient (Wildman–Crippen LogP) is 6.47. The molecule has 2 amide bonds. The number of piperidine rings is 2. The van der Waals surface area contributed by atoms with Crippen molar-refractivity contribution in [3.8, 4) is 11.1 Å². The molecule has 0 radical (unpaired) electrons. The highest BCUT2D eigenvalue weighted by atomic mass is 16.6. The average Bonchev–Trinajstić information content (AvgIpc) is 3.09. The SMILES string of the molecule is C=C(NCC)C1CCN(Cc2ccc(C(=O)N(C)CCN3CCC(OC(=O)Nc4ccccc4-c4ccccc4)CC3)cc2)CC1. The number of nitrogens with one attached hydrogen (secondary N) is 2. The van der Waals surface area contributed by atoms with Gasteiger partial charge in [-0.2, -0.15) is 0 Å². The molecule has 2 aliphatic heterocycles. The Morgan fingerprint density at radius 2 is 1.52 bits per heavy atom. The third kappa shape index (κ3) is 9.21. The standard InChI is InChI=1S/C38H49N5O3/c1-4-39-29(2)31-18-22-43(23-19-31)28-30-14-16-33(17-15-30)37(44)41(3)26-27-42-24-20-34(21-25-42)46-38(45)40-36-13-9-8-12-35(36)32-10-6-5-7-11-32/h5-17,31,34,39H,2,4,18-28H2,1,3H3,(H,40,45). The van der Waals surface area contributed by atoms with E-state index in [0.29, 0.717) is 12.5 Å². The summed E-state index contributed by atoms with van der Waals surface area (Å²) in [6.07, 6.45) is 3.27. The van der Waals surface area contributed by atoms with Gasteiger partial charge in [0.05, 0.1) is 5.69 Å². The first kappa shape index (κ1) is 33.2. The number of benzene rings is 3. The minimum atomic E-state index is -0.422. The molecule has 0 aromatic heterocycles. The van der Waals surface area contributed by atoms with E-state index in [0.717, 1.165) is 93.9 Å². The minimum absolute atomic E-state index is 0.0416. The van der Waals surface area contributed by atoms with E-state index in [2.05, 4.69) is 46.1 Å². The number of hydrogen-bond donors (Lipinski definition) is 2. The van der Waals surface area contributed by atoms with Gasteiger partial charge >= 0.3 is 6.09 Å². The Labute approximate surface area is 274 Å². The van der Waals surface area contributed by atoms with Gasteiger partial charge in [0.2, 0.25) is 0 Å². The molecule has 5 rings (SSSR count). The van der Waals surface area contributed by atoms with Gasteiger partial charge in [0, 0.05) is 69.1 Å². The number of amides is 2. The molecule has 8 nitrogen and oxygen atoms in total. The first-order valence-electron chi connectivity index (χ1n) is 16.7. The molecule has 0 aliphatic carbocycles. The number of rotatable bonds is 12. The van der Waals surface area contributed by atoms with Crippen molar-refractivity contribution in [2.24, 2.45) is 5.92 Å². The second-order valence-corrected chi connectivity index (χ2v) is 12.5. The van der Waals surface area contributed by atoms with Crippen LogP contribution in [0.3, 0.4) is 0 Å². The second-order valence-electron chi connectivity index (χ2n) is 12.5. The van der Waals surface area contributed by atoms with Gasteiger partial charge in [-0.1, -0.05) is 67.2 Å². The van der Waals surface area contributed by atoms with E-state index in [9.17, 15) is 9.59 Å². The van der Waals surface area contributed by atoms with Crippen molar-refractivity contribution in [1.82, 2.24) is 20.0 Å². The Balaban J connectivity index is 1.00. The van der Waals surface area contributed by atoms with Crippen molar-refractivity contribution in [1.29, 1.82) is 0 Å². The molecule has 2 aliphatic rings. The average molecular weight is 624 g/mol. The molecule has 46 heavy (non-hydrogen) atoms. The lowest BCUT2D eigenvalue weighted by molar-refractivity contribution is 0.0540. The maximum absolute atomic E-state index is 13.1. The maximum atomic E-state index is 13.1. The zero-order chi connectivity index (χ0) is 32.3. The summed E-state index contributed by atoms with van der Waals surface area (Å²) in [5, 5.41) is 6.33. The van der Waals surface area contributed by atoms with Crippen molar-refractivity contribution in [3.63, 3.8) is 0 Å². The number of hydrogen-bond acceptors (Lipinski definition) is 6. The number of anilines is 1. The zero-order valence-corrected chi connectivity index (χ0v) is 27.4. The van der Waals surface area contributed by atoms with E-state index in [1.54, 1.807) is 4.90 Å². The number of para-hydroxylation sites is 1. The molecule has 0 spiro atoms. The van der Waals surface area contributed by atoms with Crippen LogP contribution in [-0.2, 0) is 11.3 Å². The Hall–Kier alpha value is -4.14. The Bertz CT molecular complexity index is 1430. The summed E-state index contributed by atoms with van der Waals surface area (Å²) in [5.74, 6) is 0.604. The fourth-order valence-electron chi connectivity index (χ4n) is 6.44. The van der Waals surface area contributed by atoms with Gasteiger partial charge in [0.25, 0.3) is 5.91 Å². The van der Waals surface area contributed by atoms with E-state index in [1.807, 2.05) is 73.8 Å². The molecule has 0 unspecified atom stereocenters. The molecule has 0 atom stereocenters. The number of likely N-dealkylation sites (tertiary alicyclic amines) is 2. The van der Waals surface area contributed by atoms with Crippen LogP contribution < -0.4 is 10.6 Å². The molecule has 2 fully saturated rings. The first-order valence-corrected chi connectivity index (χ1v) is 16.7. The highest BCUT2D eigenvalue weighted by molar-refractivity contribution is 5.94. The highest BCUT2D eigenvalue weighted by Crippen LogP contribution is 2.28. The molecule has 2 heterocycles. The van der Waals surface area contributed by atoms with Crippen LogP contribution in [0.5, 0.6) is 0 Å². The molecular formula is C38H49N5O3. The Morgan fingerprint density at radius 1 is 0.870 bits per heavy atom. The van der Waals surface area contributed by atoms with E-state index >= 15 is 0 Å². The van der Waals surface area contributed by atoms with Gasteiger partial charge in [0.15, 0.2) is 0 Å². The number of ether oxygens (including phenoxy) is 1. The van der Waals surface area contributed by atoms with Crippen molar-refractivity contribution in [2.45, 2.75) is 45.3 Å². The molecule has 0 bridgehead atoms. The lowest BCUT2D eigenvalue weighted by atomic mass is 9.93. The summed E-state index contributed by atoms with van der Waals surface area (Å²) < 4.78 is 5.79. The molecule has 3 aromatic carbocycles. The van der Waals surface area contributed by atoms with Crippen molar-refractivity contribution in [2.75, 3.05) is 58.2 Å². The summed E-state index contributed by atoms with van der Waals surface area (Å²) in [7, 11) is 1.87. The molecule has 8 heteroatoms. The smallest absolute Gasteiger partial charge is 0.411 e. The van der Waals surface area contributed by atoms with Crippen LogP contribution in [0.4, 0.5) is 10.5 Å². The van der Waals surface area contributed by atoms with Crippen LogP contribution >= 0.6 is 0 Å². The van der Waals surface area contributed by atoms with Gasteiger partial charge in [-0.3, -0.25) is 15.0 Å². The van der Waals surface area contributed by atoms with Crippen LogP contribution in [0.15, 0.2) is 91.1 Å². The lowest BCUT2D eigenvalue weighted by Crippen LogP contribution is -2.42. The van der Waals surface area contributed by atoms with Crippen molar-refractivity contribution in [3.05, 3.63) is 102 Å². The Kier molecular flexibility index (Phi) is 11.9. The number of carbonyl (C=O) groups excluding carboxylic acids is 2. The van der Waals surface area contributed by atoms with E-state index in [1.165, 1.54) is 11.3 Å². The molecule has 2 saturated heterocycles. The summed E-state index contributed by atoms with van der Waals surface area (Å²) in [4.78, 5) is 32.5. The molecule has 3 aromatic rings. The third-order valence-corrected chi connectivity index (χ3v) is 9.25. The number of likely N-dealkylation sites (N-methyl/N-ethyl adjacent to an activating group) is 1. The first-order chi connectivity index (χ1) is 22.4. The molecular weight excluding hydrogens is 574 g/mol. The van der Waals surface area contributed by atoms with Gasteiger partial charge in [-0.05, 0) is 75.0 Å². The van der Waals surface area contributed by atoms with Gasteiger partial charge in [-0.25, -0.2) is 4.79 Å². The molecule has 2 N–H and O–H groups in total. The molecule has 0 saturated carbocycles. The van der Waals surface area contributed by atoms with Crippen LogP contribution in [0, 0.1) is 5.92 Å². The maximum Gasteiger partial charge on any atom is 0.411 e. The van der Waals surface area contributed by atoms with E-state index in [-0.39, 0.29) is 12.0 Å². The largest absolute Gasteiger partial charge is 0.446 e. The van der Waals surface area contributed by atoms with Crippen LogP contribution in [0.1, 0.15) is 48.5 Å². The van der Waals surface area contributed by atoms with Crippen LogP contribution in [0.2, 0.25) is 0 Å². The van der Waals surface area contributed by atoms with E-state index < -0.39 is 6.09 Å². The second kappa shape index (κ2) is 16.4. The normalized spacial score (nSPS) is 16.5. The monoisotopic (exact) mass is 623 g/mol. The number of nitrogens with zero attached hydrogens (tertiary/aromatic N) is 3. The number of carbonyl (C=O) groups is 2. The summed E-state index contributed by atoms with van der Waals surface area (Å²) in [6, 6.07) is 25.9. The quantitative estimate of drug-likeness (QED) is 0.241. The van der Waals surface area contributed by atoms with Crippen molar-refractivity contribution < 1.29 is 14.3 Å². The fraction of sp³-hybridized carbons (Fsp3) is 0.421. The number of allylic oxidation sites excluding steroid dienone is 1. The van der Waals surface area contributed by atoms with Gasteiger partial charge in [-0.15, -0.1) is 0 Å². The lowest BCUT2D eigenvalue weighted by Gasteiger charge is -2.33. The minimum Gasteiger partial charge on any atom is -0.446 e. The summed E-state index contributed by atoms with van der Waals surface area (Å²) in [6.45, 7) is 13.4. The van der Waals surface area contributed by atoms with Gasteiger partial charge < -0.3 is 19.9 Å². The predicted molar refractivity (Wildman–Crippen MR) is 186 cm³/mol. The Morgan fingerprint density at radius 3 is 2.22 bits per heavy atom. The third-order valence-electron chi connectivity index (χ3n) is 9.25. The summed E-state index contributed by atoms with van der Waals surface area (Å²) in [5.41, 5.74) is 5.88. The fourth-order valence-corrected chi connectivity index (χ4v) is 6.44. The van der Waals surface area contributed by atoms with Gasteiger partial charge in [0.1, 0.15) is 6.10 Å². The highest BCUT2D eigenvalue weighted by Gasteiger charge is 2.24. The van der Waals surface area contributed by atoms with Crippen LogP contribution in [-0.4, -0.2) is 85.7 Å². The van der Waals surface area contributed by atoms with Crippen molar-refractivity contribution >= 4 is 17.7 Å². The topological polar surface area (TPSA) is 77.2 Å². The zero-order valence-electron chi connectivity index (χ0n) is 27.4. The van der Waals surface area contributed by atoms with Crippen LogP contribution in [0.25, 0.3) is 11.1 Å². The van der Waals surface area contributed by atoms with E-state index in [4.69, 9.17) is 4.74 Å². The summed E-state index contributed by atoms with van der Waals surface area (Å²) >= 11 is 0.